The summed E-state index contributed by atoms with van der Waals surface area (Å²) in [4.78, 5) is 0. The third-order valence-corrected chi connectivity index (χ3v) is 3.73. The van der Waals surface area contributed by atoms with E-state index in [-0.39, 0.29) is 0 Å². The van der Waals surface area contributed by atoms with E-state index in [4.69, 9.17) is 0 Å². The Kier molecular flexibility index (Phi) is 5.70. The first kappa shape index (κ1) is 14.2. The van der Waals surface area contributed by atoms with Crippen molar-refractivity contribution >= 4 is 0 Å². The van der Waals surface area contributed by atoms with Gasteiger partial charge in [-0.3, -0.25) is 0 Å². The Labute approximate surface area is 107 Å². The van der Waals surface area contributed by atoms with E-state index in [2.05, 4.69) is 58.3 Å². The zero-order valence-electron chi connectivity index (χ0n) is 12.0. The average molecular weight is 233 g/mol. The van der Waals surface area contributed by atoms with E-state index in [9.17, 15) is 0 Å². The monoisotopic (exact) mass is 233 g/mol. The number of nitrogens with one attached hydrogen (secondary N) is 1. The lowest BCUT2D eigenvalue weighted by Crippen LogP contribution is -2.30. The first-order chi connectivity index (χ1) is 8.04. The molecule has 1 unspecified atom stereocenters. The van der Waals surface area contributed by atoms with Crippen molar-refractivity contribution in [2.45, 2.75) is 53.0 Å². The number of hydrogen-bond acceptors (Lipinski definition) is 1. The van der Waals surface area contributed by atoms with Gasteiger partial charge in [0.05, 0.1) is 0 Å². The van der Waals surface area contributed by atoms with Crippen molar-refractivity contribution in [2.24, 2.45) is 5.92 Å². The maximum atomic E-state index is 3.41. The molecule has 1 N–H and O–H groups in total. The summed E-state index contributed by atoms with van der Waals surface area (Å²) in [7, 11) is 2.07. The van der Waals surface area contributed by atoms with Gasteiger partial charge in [0.25, 0.3) is 0 Å². The largest absolute Gasteiger partial charge is 0.317 e. The maximum Gasteiger partial charge on any atom is 0.00871 e. The maximum absolute atomic E-state index is 3.41. The first-order valence-corrected chi connectivity index (χ1v) is 6.78. The van der Waals surface area contributed by atoms with Gasteiger partial charge in [-0.2, -0.15) is 0 Å². The van der Waals surface area contributed by atoms with Crippen LogP contribution in [0.15, 0.2) is 18.2 Å². The Morgan fingerprint density at radius 2 is 1.82 bits per heavy atom. The number of hydrogen-bond donors (Lipinski definition) is 1. The van der Waals surface area contributed by atoms with Gasteiger partial charge in [-0.25, -0.2) is 0 Å². The second-order valence-corrected chi connectivity index (χ2v) is 5.45. The minimum Gasteiger partial charge on any atom is -0.317 e. The van der Waals surface area contributed by atoms with Crippen LogP contribution < -0.4 is 5.32 Å². The van der Waals surface area contributed by atoms with Crippen LogP contribution in [0, 0.1) is 19.8 Å². The van der Waals surface area contributed by atoms with Crippen LogP contribution in [0.2, 0.25) is 0 Å². The van der Waals surface area contributed by atoms with Gasteiger partial charge in [-0.15, -0.1) is 0 Å². The summed E-state index contributed by atoms with van der Waals surface area (Å²) in [5.41, 5.74) is 4.28. The van der Waals surface area contributed by atoms with Crippen molar-refractivity contribution in [2.75, 3.05) is 7.05 Å². The summed E-state index contributed by atoms with van der Waals surface area (Å²) in [6, 6.07) is 7.50. The van der Waals surface area contributed by atoms with E-state index in [1.54, 1.807) is 0 Å². The van der Waals surface area contributed by atoms with E-state index in [1.807, 2.05) is 0 Å². The van der Waals surface area contributed by atoms with Crippen LogP contribution in [-0.2, 0) is 6.42 Å². The van der Waals surface area contributed by atoms with Crippen LogP contribution in [0.3, 0.4) is 0 Å². The fourth-order valence-corrected chi connectivity index (χ4v) is 2.30. The lowest BCUT2D eigenvalue weighted by molar-refractivity contribution is 0.393. The van der Waals surface area contributed by atoms with Crippen molar-refractivity contribution in [1.82, 2.24) is 5.32 Å². The molecule has 1 rings (SSSR count). The molecule has 1 aromatic carbocycles. The van der Waals surface area contributed by atoms with Crippen molar-refractivity contribution in [1.29, 1.82) is 0 Å². The van der Waals surface area contributed by atoms with E-state index in [0.29, 0.717) is 6.04 Å². The summed E-state index contributed by atoms with van der Waals surface area (Å²) in [5, 5.41) is 3.41. The molecule has 1 atom stereocenters. The average Bonchev–Trinajstić information content (AvgIpc) is 2.28. The van der Waals surface area contributed by atoms with Gasteiger partial charge in [0.2, 0.25) is 0 Å². The van der Waals surface area contributed by atoms with Crippen LogP contribution in [0.1, 0.15) is 43.4 Å². The molecule has 0 spiro atoms. The van der Waals surface area contributed by atoms with Crippen LogP contribution in [0.25, 0.3) is 0 Å². The molecule has 0 aromatic heterocycles. The molecule has 1 aromatic rings. The van der Waals surface area contributed by atoms with Gasteiger partial charge < -0.3 is 5.32 Å². The van der Waals surface area contributed by atoms with Gasteiger partial charge in [-0.05, 0) is 62.8 Å². The van der Waals surface area contributed by atoms with E-state index >= 15 is 0 Å². The van der Waals surface area contributed by atoms with Gasteiger partial charge in [-0.1, -0.05) is 32.0 Å². The molecule has 0 amide bonds. The van der Waals surface area contributed by atoms with Crippen molar-refractivity contribution < 1.29 is 0 Å². The van der Waals surface area contributed by atoms with Crippen LogP contribution in [0.4, 0.5) is 0 Å². The van der Waals surface area contributed by atoms with Crippen LogP contribution >= 0.6 is 0 Å². The Balaban J connectivity index is 2.42. The molecule has 0 saturated carbocycles. The predicted octanol–water partition coefficient (Wildman–Crippen LogP) is 3.87. The van der Waals surface area contributed by atoms with E-state index in [0.717, 1.165) is 5.92 Å². The fourth-order valence-electron chi connectivity index (χ4n) is 2.30. The normalized spacial score (nSPS) is 13.1. The molecule has 0 radical (unpaired) electrons. The minimum atomic E-state index is 0.654. The smallest absolute Gasteiger partial charge is 0.00871 e. The number of benzene rings is 1. The van der Waals surface area contributed by atoms with E-state index < -0.39 is 0 Å². The molecule has 0 saturated heterocycles. The predicted molar refractivity (Wildman–Crippen MR) is 76.5 cm³/mol. The molecular weight excluding hydrogens is 206 g/mol. The molecule has 0 fully saturated rings. The third kappa shape index (κ3) is 4.51. The van der Waals surface area contributed by atoms with Crippen molar-refractivity contribution in [3.05, 3.63) is 34.9 Å². The highest BCUT2D eigenvalue weighted by Crippen LogP contribution is 2.14. The zero-order chi connectivity index (χ0) is 12.8. The fraction of sp³-hybridized carbons (Fsp3) is 0.625. The summed E-state index contributed by atoms with van der Waals surface area (Å²) < 4.78 is 0. The molecule has 96 valence electrons. The highest BCUT2D eigenvalue weighted by molar-refractivity contribution is 5.29. The Morgan fingerprint density at radius 3 is 2.35 bits per heavy atom. The van der Waals surface area contributed by atoms with Gasteiger partial charge in [0.1, 0.15) is 0 Å². The second-order valence-electron chi connectivity index (χ2n) is 5.45. The SMILES string of the molecule is CNC(CCCc1ccc(C)c(C)c1)C(C)C. The lowest BCUT2D eigenvalue weighted by atomic mass is 9.96. The standard InChI is InChI=1S/C16H27N/c1-12(2)16(17-5)8-6-7-15-10-9-13(3)14(4)11-15/h9-12,16-17H,6-8H2,1-5H3. The second kappa shape index (κ2) is 6.80. The summed E-state index contributed by atoms with van der Waals surface area (Å²) in [5.74, 6) is 0.722. The van der Waals surface area contributed by atoms with Crippen molar-refractivity contribution in [3.63, 3.8) is 0 Å². The van der Waals surface area contributed by atoms with Gasteiger partial charge >= 0.3 is 0 Å². The molecule has 0 heterocycles. The molecule has 17 heavy (non-hydrogen) atoms. The third-order valence-electron chi connectivity index (χ3n) is 3.73. The quantitative estimate of drug-likeness (QED) is 0.786. The summed E-state index contributed by atoms with van der Waals surface area (Å²) >= 11 is 0. The van der Waals surface area contributed by atoms with Gasteiger partial charge in [0.15, 0.2) is 0 Å². The Bertz CT molecular complexity index is 341. The highest BCUT2D eigenvalue weighted by atomic mass is 14.9. The highest BCUT2D eigenvalue weighted by Gasteiger charge is 2.09. The Hall–Kier alpha value is -0.820. The molecule has 1 heteroatoms. The first-order valence-electron chi connectivity index (χ1n) is 6.78. The molecule has 0 aliphatic heterocycles. The molecular formula is C16H27N. The van der Waals surface area contributed by atoms with E-state index in [1.165, 1.54) is 36.0 Å². The molecule has 0 aliphatic carbocycles. The number of rotatable bonds is 6. The molecule has 1 nitrogen and oxygen atoms in total. The zero-order valence-corrected chi connectivity index (χ0v) is 12.0. The van der Waals surface area contributed by atoms with Crippen molar-refractivity contribution in [3.8, 4) is 0 Å². The molecule has 0 aliphatic rings. The molecule has 0 bridgehead atoms. The number of aryl methyl sites for hydroxylation is 3. The summed E-state index contributed by atoms with van der Waals surface area (Å²) in [6.45, 7) is 8.95. The van der Waals surface area contributed by atoms with Crippen LogP contribution in [0.5, 0.6) is 0 Å². The topological polar surface area (TPSA) is 12.0 Å². The Morgan fingerprint density at radius 1 is 1.12 bits per heavy atom. The summed E-state index contributed by atoms with van der Waals surface area (Å²) in [6.07, 6.45) is 3.74. The van der Waals surface area contributed by atoms with Gasteiger partial charge in [0, 0.05) is 6.04 Å². The minimum absolute atomic E-state index is 0.654. The lowest BCUT2D eigenvalue weighted by Gasteiger charge is -2.19. The van der Waals surface area contributed by atoms with Crippen LogP contribution in [-0.4, -0.2) is 13.1 Å².